The van der Waals surface area contributed by atoms with Crippen molar-refractivity contribution in [1.29, 1.82) is 0 Å². The number of hydrogen-bond acceptors (Lipinski definition) is 10. The molecule has 1 fully saturated rings. The summed E-state index contributed by atoms with van der Waals surface area (Å²) in [5.74, 6) is -1.79. The molecule has 2 aliphatic carbocycles. The third-order valence-corrected chi connectivity index (χ3v) is 8.12. The molecule has 12 heteroatoms. The lowest BCUT2D eigenvalue weighted by molar-refractivity contribution is -0.175. The van der Waals surface area contributed by atoms with Gasteiger partial charge in [-0.1, -0.05) is 6.07 Å². The van der Waals surface area contributed by atoms with E-state index in [-0.39, 0.29) is 30.6 Å². The fourth-order valence-electron chi connectivity index (χ4n) is 6.35. The maximum atomic E-state index is 12.9. The van der Waals surface area contributed by atoms with Crippen molar-refractivity contribution >= 4 is 30.3 Å². The summed E-state index contributed by atoms with van der Waals surface area (Å²) in [7, 11) is 3.55. The standard InChI is InChI=1S/C25H30N2O9.ClH/c1-12(34-18(28)11-14(26)22(29)30)23(31)35-16-6-7-25(32)17-10-13-4-5-15(33-3)20-19(13)24(25,21(16)36-20)8-9-27(17)2;/h4-6,12,14,17,21,32H,7-11,26H2,1-3H3,(H,29,30);1H/t12-,14-,17+,21-,24-,25+;/m0./s1. The molecule has 2 aliphatic heterocycles. The number of carbonyl (C=O) groups excluding carboxylic acids is 2. The quantitative estimate of drug-likeness (QED) is 0.419. The van der Waals surface area contributed by atoms with Crippen LogP contribution in [-0.4, -0.2) is 83.6 Å². The minimum absolute atomic E-state index is 0. The number of halogens is 1. The van der Waals surface area contributed by atoms with E-state index in [2.05, 4.69) is 4.90 Å². The SMILES string of the molecule is COc1ccc2c3c1O[C@H]1C(OC(=O)[C@H](C)OC(=O)C[C@H](N)C(=O)O)=CC[C@@]4(O)[C@@H](C2)N(C)CC[C@]314.Cl. The number of methoxy groups -OCH3 is 1. The number of carbonyl (C=O) groups is 3. The van der Waals surface area contributed by atoms with Gasteiger partial charge >= 0.3 is 17.9 Å². The Bertz CT molecular complexity index is 1170. The number of carboxylic acid groups (broad SMARTS) is 1. The monoisotopic (exact) mass is 538 g/mol. The summed E-state index contributed by atoms with van der Waals surface area (Å²) < 4.78 is 22.7. The highest BCUT2D eigenvalue weighted by Gasteiger charge is 2.72. The van der Waals surface area contributed by atoms with Crippen LogP contribution in [0, 0.1) is 0 Å². The van der Waals surface area contributed by atoms with Crippen LogP contribution in [0.2, 0.25) is 0 Å². The molecule has 1 aromatic rings. The summed E-state index contributed by atoms with van der Waals surface area (Å²) in [5.41, 5.74) is 5.36. The molecule has 1 spiro atoms. The van der Waals surface area contributed by atoms with E-state index >= 15 is 0 Å². The number of aliphatic hydroxyl groups is 1. The van der Waals surface area contributed by atoms with Crippen LogP contribution in [-0.2, 0) is 35.7 Å². The Labute approximate surface area is 219 Å². The van der Waals surface area contributed by atoms with Gasteiger partial charge < -0.3 is 39.8 Å². The summed E-state index contributed by atoms with van der Waals surface area (Å²) in [4.78, 5) is 37.9. The molecule has 202 valence electrons. The second kappa shape index (κ2) is 9.46. The summed E-state index contributed by atoms with van der Waals surface area (Å²) in [5, 5.41) is 21.0. The first kappa shape index (κ1) is 27.2. The fraction of sp³-hybridized carbons (Fsp3) is 0.560. The lowest BCUT2D eigenvalue weighted by Gasteiger charge is -2.61. The van der Waals surface area contributed by atoms with E-state index < -0.39 is 53.6 Å². The van der Waals surface area contributed by atoms with Crippen molar-refractivity contribution in [2.24, 2.45) is 5.73 Å². The van der Waals surface area contributed by atoms with Crippen LogP contribution in [0.25, 0.3) is 0 Å². The predicted molar refractivity (Wildman–Crippen MR) is 131 cm³/mol. The minimum Gasteiger partial charge on any atom is -0.493 e. The van der Waals surface area contributed by atoms with Gasteiger partial charge in [-0.15, -0.1) is 12.4 Å². The van der Waals surface area contributed by atoms with E-state index in [1.54, 1.807) is 13.2 Å². The average Bonchev–Trinajstić information content (AvgIpc) is 3.18. The topological polar surface area (TPSA) is 158 Å². The number of hydrogen-bond donors (Lipinski definition) is 3. The Morgan fingerprint density at radius 3 is 2.73 bits per heavy atom. The molecular formula is C25H31ClN2O9. The highest BCUT2D eigenvalue weighted by Crippen LogP contribution is 2.65. The predicted octanol–water partition coefficient (Wildman–Crippen LogP) is 0.672. The van der Waals surface area contributed by atoms with Crippen molar-refractivity contribution in [3.8, 4) is 11.5 Å². The fourth-order valence-corrected chi connectivity index (χ4v) is 6.35. The molecule has 6 atom stereocenters. The summed E-state index contributed by atoms with van der Waals surface area (Å²) in [6, 6.07) is 2.28. The maximum absolute atomic E-state index is 12.9. The van der Waals surface area contributed by atoms with Gasteiger partial charge in [-0.25, -0.2) is 4.79 Å². The van der Waals surface area contributed by atoms with Crippen LogP contribution in [0.3, 0.4) is 0 Å². The van der Waals surface area contributed by atoms with Crippen molar-refractivity contribution < 1.29 is 43.5 Å². The van der Waals surface area contributed by atoms with Gasteiger partial charge in [0.15, 0.2) is 23.7 Å². The third kappa shape index (κ3) is 3.87. The second-order valence-electron chi connectivity index (χ2n) is 9.99. The highest BCUT2D eigenvalue weighted by atomic mass is 35.5. The van der Waals surface area contributed by atoms with Gasteiger partial charge in [-0.05, 0) is 51.1 Å². The van der Waals surface area contributed by atoms with Gasteiger partial charge in [0.05, 0.1) is 24.5 Å². The molecule has 0 radical (unpaired) electrons. The van der Waals surface area contributed by atoms with Gasteiger partial charge in [0.25, 0.3) is 0 Å². The Hall–Kier alpha value is -2.86. The molecule has 1 aromatic carbocycles. The first-order chi connectivity index (χ1) is 17.0. The van der Waals surface area contributed by atoms with Gasteiger partial charge in [0.1, 0.15) is 11.8 Å². The van der Waals surface area contributed by atoms with Crippen LogP contribution in [0.1, 0.15) is 37.3 Å². The van der Waals surface area contributed by atoms with Crippen molar-refractivity contribution in [3.05, 3.63) is 35.1 Å². The number of rotatable bonds is 7. The molecule has 4 N–H and O–H groups in total. The normalized spacial score (nSPS) is 30.5. The zero-order valence-corrected chi connectivity index (χ0v) is 21.6. The number of likely N-dealkylation sites (tertiary alicyclic amines) is 1. The first-order valence-corrected chi connectivity index (χ1v) is 11.9. The van der Waals surface area contributed by atoms with Crippen molar-refractivity contribution in [2.75, 3.05) is 20.7 Å². The molecule has 0 aromatic heterocycles. The van der Waals surface area contributed by atoms with Gasteiger partial charge in [0.2, 0.25) is 0 Å². The number of aliphatic carboxylic acids is 1. The Morgan fingerprint density at radius 2 is 2.05 bits per heavy atom. The van der Waals surface area contributed by atoms with Crippen LogP contribution in [0.5, 0.6) is 11.5 Å². The molecule has 0 amide bonds. The zero-order chi connectivity index (χ0) is 26.0. The smallest absolute Gasteiger partial charge is 0.352 e. The Kier molecular flexibility index (Phi) is 6.95. The van der Waals surface area contributed by atoms with Crippen molar-refractivity contribution in [2.45, 2.75) is 67.9 Å². The average molecular weight is 539 g/mol. The molecule has 0 saturated carbocycles. The van der Waals surface area contributed by atoms with Crippen LogP contribution in [0.4, 0.5) is 0 Å². The summed E-state index contributed by atoms with van der Waals surface area (Å²) in [6.07, 6.45) is 0.512. The number of piperidine rings is 1. The molecule has 2 bridgehead atoms. The van der Waals surface area contributed by atoms with Crippen LogP contribution in [0.15, 0.2) is 24.0 Å². The van der Waals surface area contributed by atoms with Crippen molar-refractivity contribution in [1.82, 2.24) is 4.90 Å². The second-order valence-corrected chi connectivity index (χ2v) is 9.99. The van der Waals surface area contributed by atoms with Gasteiger partial charge in [-0.3, -0.25) is 9.59 Å². The summed E-state index contributed by atoms with van der Waals surface area (Å²) >= 11 is 0. The summed E-state index contributed by atoms with van der Waals surface area (Å²) in [6.45, 7) is 2.06. The van der Waals surface area contributed by atoms with E-state index in [9.17, 15) is 19.5 Å². The lowest BCUT2D eigenvalue weighted by atomic mass is 9.50. The Balaban J connectivity index is 0.00000320. The minimum atomic E-state index is -1.43. The molecular weight excluding hydrogens is 508 g/mol. The number of nitrogens with two attached hydrogens (primary N) is 1. The van der Waals surface area contributed by atoms with E-state index in [4.69, 9.17) is 29.8 Å². The Morgan fingerprint density at radius 1 is 1.32 bits per heavy atom. The first-order valence-electron chi connectivity index (χ1n) is 11.9. The van der Waals surface area contributed by atoms with Gasteiger partial charge in [0, 0.05) is 18.0 Å². The largest absolute Gasteiger partial charge is 0.493 e. The molecule has 5 rings (SSSR count). The molecule has 4 aliphatic rings. The van der Waals surface area contributed by atoms with E-state index in [0.717, 1.165) is 17.7 Å². The number of nitrogens with zero attached hydrogens (tertiary/aromatic N) is 1. The maximum Gasteiger partial charge on any atom is 0.352 e. The number of esters is 2. The molecule has 1 saturated heterocycles. The third-order valence-electron chi connectivity index (χ3n) is 8.12. The zero-order valence-electron chi connectivity index (χ0n) is 20.8. The van der Waals surface area contributed by atoms with E-state index in [0.29, 0.717) is 24.3 Å². The van der Waals surface area contributed by atoms with E-state index in [1.165, 1.54) is 6.92 Å². The van der Waals surface area contributed by atoms with Gasteiger partial charge in [-0.2, -0.15) is 0 Å². The molecule has 11 nitrogen and oxygen atoms in total. The van der Waals surface area contributed by atoms with Crippen molar-refractivity contribution in [3.63, 3.8) is 0 Å². The van der Waals surface area contributed by atoms with Crippen LogP contribution >= 0.6 is 12.4 Å². The lowest BCUT2D eigenvalue weighted by Crippen LogP contribution is -2.74. The number of benzene rings is 1. The molecule has 37 heavy (non-hydrogen) atoms. The van der Waals surface area contributed by atoms with Crippen LogP contribution < -0.4 is 15.2 Å². The molecule has 2 heterocycles. The van der Waals surface area contributed by atoms with E-state index in [1.807, 2.05) is 19.2 Å². The number of carboxylic acids is 1. The number of ether oxygens (including phenoxy) is 4. The highest BCUT2D eigenvalue weighted by molar-refractivity contribution is 5.85. The molecule has 0 unspecified atom stereocenters. The number of likely N-dealkylation sites (N-methyl/N-ethyl adjacent to an activating group) is 1.